The molecule has 0 aromatic heterocycles. The van der Waals surface area contributed by atoms with Crippen LogP contribution in [0.4, 0.5) is 0 Å². The predicted octanol–water partition coefficient (Wildman–Crippen LogP) is 3.23. The third-order valence-electron chi connectivity index (χ3n) is 1.72. The molecule has 1 aliphatic carbocycles. The number of hydrogen-bond donors (Lipinski definition) is 0. The van der Waals surface area contributed by atoms with E-state index in [0.717, 1.165) is 12.8 Å². The highest BCUT2D eigenvalue weighted by Crippen LogP contribution is 2.17. The minimum atomic E-state index is 1.15. The average Bonchev–Trinajstić information content (AvgIpc) is 2.34. The fourth-order valence-corrected chi connectivity index (χ4v) is 1.05. The van der Waals surface area contributed by atoms with Gasteiger partial charge in [0, 0.05) is 0 Å². The Labute approximate surface area is 62.9 Å². The molecule has 1 rings (SSSR count). The molecule has 0 heteroatoms. The quantitative estimate of drug-likeness (QED) is 0.520. The van der Waals surface area contributed by atoms with Crippen molar-refractivity contribution in [2.45, 2.75) is 26.2 Å². The van der Waals surface area contributed by atoms with Crippen molar-refractivity contribution in [3.05, 3.63) is 36.0 Å². The fourth-order valence-electron chi connectivity index (χ4n) is 1.05. The van der Waals surface area contributed by atoms with Gasteiger partial charge < -0.3 is 0 Å². The van der Waals surface area contributed by atoms with Crippen molar-refractivity contribution in [3.8, 4) is 0 Å². The molecule has 0 atom stereocenters. The molecule has 0 heterocycles. The van der Waals surface area contributed by atoms with Gasteiger partial charge in [0.15, 0.2) is 0 Å². The summed E-state index contributed by atoms with van der Waals surface area (Å²) in [6.45, 7) is 5.95. The van der Waals surface area contributed by atoms with Crippen LogP contribution >= 0.6 is 0 Å². The Morgan fingerprint density at radius 1 is 1.70 bits per heavy atom. The van der Waals surface area contributed by atoms with Crippen LogP contribution in [-0.2, 0) is 0 Å². The Balaban J connectivity index is 2.21. The SMILES string of the molecule is C=C(C)CCC1=CC=CC1. The minimum Gasteiger partial charge on any atom is -0.100 e. The van der Waals surface area contributed by atoms with Gasteiger partial charge in [0.1, 0.15) is 0 Å². The molecule has 0 fully saturated rings. The van der Waals surface area contributed by atoms with E-state index in [0.29, 0.717) is 0 Å². The zero-order chi connectivity index (χ0) is 7.40. The Hall–Kier alpha value is -0.780. The summed E-state index contributed by atoms with van der Waals surface area (Å²) < 4.78 is 0. The number of allylic oxidation sites excluding steroid dienone is 5. The van der Waals surface area contributed by atoms with Crippen molar-refractivity contribution < 1.29 is 0 Å². The van der Waals surface area contributed by atoms with Crippen LogP contribution in [-0.4, -0.2) is 0 Å². The average molecular weight is 134 g/mol. The summed E-state index contributed by atoms with van der Waals surface area (Å²) in [5, 5.41) is 0. The van der Waals surface area contributed by atoms with E-state index >= 15 is 0 Å². The molecule has 0 saturated carbocycles. The van der Waals surface area contributed by atoms with Gasteiger partial charge >= 0.3 is 0 Å². The first-order valence-electron chi connectivity index (χ1n) is 3.78. The van der Waals surface area contributed by atoms with Crippen molar-refractivity contribution in [2.75, 3.05) is 0 Å². The largest absolute Gasteiger partial charge is 0.100 e. The molecule has 0 N–H and O–H groups in total. The number of hydrogen-bond acceptors (Lipinski definition) is 0. The van der Waals surface area contributed by atoms with E-state index in [1.54, 1.807) is 5.57 Å². The lowest BCUT2D eigenvalue weighted by Gasteiger charge is -1.99. The van der Waals surface area contributed by atoms with E-state index in [-0.39, 0.29) is 0 Å². The van der Waals surface area contributed by atoms with Crippen molar-refractivity contribution in [1.82, 2.24) is 0 Å². The molecule has 0 aromatic rings. The third-order valence-corrected chi connectivity index (χ3v) is 1.72. The molecule has 0 aliphatic heterocycles. The van der Waals surface area contributed by atoms with E-state index < -0.39 is 0 Å². The first-order valence-corrected chi connectivity index (χ1v) is 3.78. The molecule has 0 amide bonds. The van der Waals surface area contributed by atoms with Crippen LogP contribution in [0, 0.1) is 0 Å². The third kappa shape index (κ3) is 2.22. The van der Waals surface area contributed by atoms with E-state index in [9.17, 15) is 0 Å². The predicted molar refractivity (Wildman–Crippen MR) is 45.9 cm³/mol. The Kier molecular flexibility index (Phi) is 2.49. The maximum absolute atomic E-state index is 3.87. The van der Waals surface area contributed by atoms with E-state index in [1.807, 2.05) is 0 Å². The fraction of sp³-hybridized carbons (Fsp3) is 0.400. The monoisotopic (exact) mass is 134 g/mol. The molecule has 0 nitrogen and oxygen atoms in total. The van der Waals surface area contributed by atoms with Crippen molar-refractivity contribution in [3.63, 3.8) is 0 Å². The van der Waals surface area contributed by atoms with E-state index in [4.69, 9.17) is 0 Å². The summed E-state index contributed by atoms with van der Waals surface area (Å²) in [5.74, 6) is 0. The van der Waals surface area contributed by atoms with Crippen LogP contribution in [0.3, 0.4) is 0 Å². The summed E-state index contributed by atoms with van der Waals surface area (Å²) in [4.78, 5) is 0. The molecule has 54 valence electrons. The highest BCUT2D eigenvalue weighted by Gasteiger charge is 1.97. The summed E-state index contributed by atoms with van der Waals surface area (Å²) in [6.07, 6.45) is 10.0. The van der Waals surface area contributed by atoms with E-state index in [1.165, 1.54) is 12.0 Å². The topological polar surface area (TPSA) is 0 Å². The van der Waals surface area contributed by atoms with Gasteiger partial charge in [-0.25, -0.2) is 0 Å². The lowest BCUT2D eigenvalue weighted by atomic mass is 10.1. The molecule has 0 aromatic carbocycles. The van der Waals surface area contributed by atoms with Crippen LogP contribution in [0.2, 0.25) is 0 Å². The van der Waals surface area contributed by atoms with Crippen LogP contribution < -0.4 is 0 Å². The summed E-state index contributed by atoms with van der Waals surface area (Å²) in [7, 11) is 0. The Bertz CT molecular complexity index is 182. The van der Waals surface area contributed by atoms with Crippen LogP contribution in [0.1, 0.15) is 26.2 Å². The molecular formula is C10H14. The van der Waals surface area contributed by atoms with Gasteiger partial charge in [-0.2, -0.15) is 0 Å². The summed E-state index contributed by atoms with van der Waals surface area (Å²) in [6, 6.07) is 0. The Morgan fingerprint density at radius 2 is 2.50 bits per heavy atom. The van der Waals surface area contributed by atoms with Gasteiger partial charge in [-0.1, -0.05) is 29.4 Å². The molecule has 0 radical (unpaired) electrons. The second kappa shape index (κ2) is 3.40. The zero-order valence-electron chi connectivity index (χ0n) is 6.56. The first kappa shape index (κ1) is 7.33. The maximum Gasteiger partial charge on any atom is -0.0132 e. The molecule has 0 saturated heterocycles. The lowest BCUT2D eigenvalue weighted by Crippen LogP contribution is -1.79. The second-order valence-corrected chi connectivity index (χ2v) is 2.91. The first-order chi connectivity index (χ1) is 4.79. The lowest BCUT2D eigenvalue weighted by molar-refractivity contribution is 0.908. The molecule has 1 aliphatic rings. The van der Waals surface area contributed by atoms with Gasteiger partial charge in [0.25, 0.3) is 0 Å². The van der Waals surface area contributed by atoms with Crippen LogP contribution in [0.15, 0.2) is 36.0 Å². The smallest absolute Gasteiger partial charge is 0.0132 e. The molecule has 0 unspecified atom stereocenters. The van der Waals surface area contributed by atoms with Gasteiger partial charge in [-0.3, -0.25) is 0 Å². The van der Waals surface area contributed by atoms with Gasteiger partial charge in [0.2, 0.25) is 0 Å². The highest BCUT2D eigenvalue weighted by molar-refractivity contribution is 5.23. The van der Waals surface area contributed by atoms with Crippen LogP contribution in [0.25, 0.3) is 0 Å². The number of rotatable bonds is 3. The molecule has 0 spiro atoms. The Morgan fingerprint density at radius 3 is 3.00 bits per heavy atom. The minimum absolute atomic E-state index is 1.15. The zero-order valence-corrected chi connectivity index (χ0v) is 6.56. The second-order valence-electron chi connectivity index (χ2n) is 2.91. The maximum atomic E-state index is 3.87. The standard InChI is InChI=1S/C10H14/c1-9(2)7-8-10-5-3-4-6-10/h3-5H,1,6-8H2,2H3. The van der Waals surface area contributed by atoms with Gasteiger partial charge in [-0.15, -0.1) is 6.58 Å². The van der Waals surface area contributed by atoms with Gasteiger partial charge in [0.05, 0.1) is 0 Å². The normalized spacial score (nSPS) is 15.5. The van der Waals surface area contributed by atoms with Gasteiger partial charge in [-0.05, 0) is 26.2 Å². The van der Waals surface area contributed by atoms with Crippen LogP contribution in [0.5, 0.6) is 0 Å². The van der Waals surface area contributed by atoms with Crippen molar-refractivity contribution in [2.24, 2.45) is 0 Å². The summed E-state index contributed by atoms with van der Waals surface area (Å²) >= 11 is 0. The van der Waals surface area contributed by atoms with Crippen molar-refractivity contribution in [1.29, 1.82) is 0 Å². The summed E-state index contributed by atoms with van der Waals surface area (Å²) in [5.41, 5.74) is 2.83. The molecule has 0 bridgehead atoms. The van der Waals surface area contributed by atoms with E-state index in [2.05, 4.69) is 31.7 Å². The molecular weight excluding hydrogens is 120 g/mol. The highest BCUT2D eigenvalue weighted by atomic mass is 14.0. The van der Waals surface area contributed by atoms with Crippen molar-refractivity contribution >= 4 is 0 Å². The molecule has 10 heavy (non-hydrogen) atoms.